The van der Waals surface area contributed by atoms with Crippen LogP contribution in [0.1, 0.15) is 6.42 Å². The van der Waals surface area contributed by atoms with E-state index in [4.69, 9.17) is 4.74 Å². The highest BCUT2D eigenvalue weighted by molar-refractivity contribution is 7.92. The molecule has 2 fully saturated rings. The predicted octanol–water partition coefficient (Wildman–Crippen LogP) is 1.62. The molecular weight excluding hydrogens is 314 g/mol. The summed E-state index contributed by atoms with van der Waals surface area (Å²) in [5.41, 5.74) is 0. The summed E-state index contributed by atoms with van der Waals surface area (Å²) in [6.45, 7) is 0.258. The van der Waals surface area contributed by atoms with Crippen molar-refractivity contribution in [3.8, 4) is 5.75 Å². The summed E-state index contributed by atoms with van der Waals surface area (Å²) in [5.74, 6) is 0.605. The molecule has 2 saturated heterocycles. The van der Waals surface area contributed by atoms with Crippen LogP contribution in [0.3, 0.4) is 0 Å². The zero-order valence-corrected chi connectivity index (χ0v) is 13.3. The van der Waals surface area contributed by atoms with Gasteiger partial charge in [-0.3, -0.25) is 4.79 Å². The molecule has 23 heavy (non-hydrogen) atoms. The smallest absolute Gasteiger partial charge is 0.260 e. The molecule has 5 nitrogen and oxygen atoms in total. The van der Waals surface area contributed by atoms with Crippen LogP contribution in [0.5, 0.6) is 5.75 Å². The maximum Gasteiger partial charge on any atom is 0.260 e. The molecule has 2 unspecified atom stereocenters. The second kappa shape index (κ2) is 5.23. The number of benzene rings is 2. The van der Waals surface area contributed by atoms with E-state index in [0.717, 1.165) is 10.8 Å². The molecule has 0 spiro atoms. The van der Waals surface area contributed by atoms with Crippen LogP contribution in [0.25, 0.3) is 10.8 Å². The molecule has 2 aromatic rings. The fourth-order valence-electron chi connectivity index (χ4n) is 3.49. The molecule has 1 amide bonds. The Labute approximate surface area is 134 Å². The Bertz CT molecular complexity index is 877. The molecule has 2 bridgehead atoms. The lowest BCUT2D eigenvalue weighted by Crippen LogP contribution is -2.45. The van der Waals surface area contributed by atoms with Crippen molar-refractivity contribution in [1.29, 1.82) is 0 Å². The van der Waals surface area contributed by atoms with Crippen molar-refractivity contribution in [2.45, 2.75) is 17.7 Å². The third-order valence-corrected chi connectivity index (χ3v) is 6.92. The highest BCUT2D eigenvalue weighted by atomic mass is 32.2. The maximum absolute atomic E-state index is 12.3. The summed E-state index contributed by atoms with van der Waals surface area (Å²) in [4.78, 5) is 13.9. The van der Waals surface area contributed by atoms with E-state index in [1.807, 2.05) is 42.5 Å². The molecule has 2 aromatic carbocycles. The highest BCUT2D eigenvalue weighted by Gasteiger charge is 2.49. The Morgan fingerprint density at radius 1 is 1.17 bits per heavy atom. The number of hydrogen-bond donors (Lipinski definition) is 0. The number of likely N-dealkylation sites (tertiary alicyclic amines) is 1. The first-order valence-electron chi connectivity index (χ1n) is 7.65. The van der Waals surface area contributed by atoms with Crippen LogP contribution in [0.4, 0.5) is 0 Å². The van der Waals surface area contributed by atoms with E-state index in [-0.39, 0.29) is 29.6 Å². The normalized spacial score (nSPS) is 25.0. The number of amides is 1. The second-order valence-corrected chi connectivity index (χ2v) is 8.51. The molecule has 0 radical (unpaired) electrons. The molecule has 2 atom stereocenters. The lowest BCUT2D eigenvalue weighted by atomic mass is 10.1. The van der Waals surface area contributed by atoms with Crippen LogP contribution in [0.15, 0.2) is 42.5 Å². The van der Waals surface area contributed by atoms with Gasteiger partial charge < -0.3 is 9.64 Å². The number of sulfone groups is 1. The van der Waals surface area contributed by atoms with Crippen molar-refractivity contribution < 1.29 is 17.9 Å². The SMILES string of the molecule is O=C(COc1ccc2ccccc2c1)N1CC2CC1CS2(=O)=O. The Morgan fingerprint density at radius 3 is 2.65 bits per heavy atom. The minimum atomic E-state index is -2.98. The minimum Gasteiger partial charge on any atom is -0.484 e. The average molecular weight is 331 g/mol. The van der Waals surface area contributed by atoms with Crippen molar-refractivity contribution >= 4 is 26.5 Å². The van der Waals surface area contributed by atoms with Crippen LogP contribution in [0.2, 0.25) is 0 Å². The van der Waals surface area contributed by atoms with Crippen LogP contribution in [0, 0.1) is 0 Å². The zero-order chi connectivity index (χ0) is 16.0. The van der Waals surface area contributed by atoms with E-state index in [9.17, 15) is 13.2 Å². The summed E-state index contributed by atoms with van der Waals surface area (Å²) in [5, 5.41) is 1.80. The number of hydrogen-bond acceptors (Lipinski definition) is 4. The molecule has 2 aliphatic rings. The standard InChI is InChI=1S/C17H17NO4S/c19-17(18-9-16-8-14(18)11-23(16,20)21)10-22-15-6-5-12-3-1-2-4-13(12)7-15/h1-7,14,16H,8-11H2. The predicted molar refractivity (Wildman–Crippen MR) is 87.1 cm³/mol. The zero-order valence-electron chi connectivity index (χ0n) is 12.5. The largest absolute Gasteiger partial charge is 0.484 e. The van der Waals surface area contributed by atoms with Gasteiger partial charge in [0.05, 0.1) is 11.0 Å². The third kappa shape index (κ3) is 2.57. The quantitative estimate of drug-likeness (QED) is 0.857. The van der Waals surface area contributed by atoms with E-state index in [0.29, 0.717) is 18.7 Å². The van der Waals surface area contributed by atoms with E-state index in [1.165, 1.54) is 0 Å². The van der Waals surface area contributed by atoms with Crippen LogP contribution >= 0.6 is 0 Å². The molecule has 0 N–H and O–H groups in total. The fraction of sp³-hybridized carbons (Fsp3) is 0.353. The first-order valence-corrected chi connectivity index (χ1v) is 9.37. The average Bonchev–Trinajstić information content (AvgIpc) is 3.08. The fourth-order valence-corrected chi connectivity index (χ4v) is 5.51. The molecular formula is C17H17NO4S. The van der Waals surface area contributed by atoms with Crippen molar-refractivity contribution in [2.24, 2.45) is 0 Å². The lowest BCUT2D eigenvalue weighted by molar-refractivity contribution is -0.133. The maximum atomic E-state index is 12.3. The minimum absolute atomic E-state index is 0.0540. The molecule has 2 aliphatic heterocycles. The summed E-state index contributed by atoms with van der Waals surface area (Å²) in [6, 6.07) is 13.5. The third-order valence-electron chi connectivity index (χ3n) is 4.71. The van der Waals surface area contributed by atoms with Gasteiger partial charge in [-0.25, -0.2) is 8.42 Å². The van der Waals surface area contributed by atoms with E-state index < -0.39 is 9.84 Å². The van der Waals surface area contributed by atoms with Gasteiger partial charge in [0, 0.05) is 12.6 Å². The van der Waals surface area contributed by atoms with Gasteiger partial charge in [0.25, 0.3) is 5.91 Å². The number of nitrogens with zero attached hydrogens (tertiary/aromatic N) is 1. The first kappa shape index (κ1) is 14.5. The van der Waals surface area contributed by atoms with Crippen LogP contribution in [-0.4, -0.2) is 49.4 Å². The topological polar surface area (TPSA) is 63.7 Å². The number of fused-ring (bicyclic) bond motifs is 3. The number of carbonyl (C=O) groups excluding carboxylic acids is 1. The number of rotatable bonds is 3. The van der Waals surface area contributed by atoms with Crippen molar-refractivity contribution in [3.05, 3.63) is 42.5 Å². The number of ether oxygens (including phenoxy) is 1. The highest BCUT2D eigenvalue weighted by Crippen LogP contribution is 2.33. The summed E-state index contributed by atoms with van der Waals surface area (Å²) >= 11 is 0. The lowest BCUT2D eigenvalue weighted by Gasteiger charge is -2.26. The van der Waals surface area contributed by atoms with Gasteiger partial charge in [-0.05, 0) is 29.3 Å². The van der Waals surface area contributed by atoms with Crippen molar-refractivity contribution in [2.75, 3.05) is 18.9 Å². The molecule has 120 valence electrons. The molecule has 4 rings (SSSR count). The van der Waals surface area contributed by atoms with Gasteiger partial charge in [0.15, 0.2) is 16.4 Å². The summed E-state index contributed by atoms with van der Waals surface area (Å²) in [6.07, 6.45) is 0.573. The molecule has 0 aliphatic carbocycles. The first-order chi connectivity index (χ1) is 11.0. The molecule has 2 heterocycles. The van der Waals surface area contributed by atoms with Gasteiger partial charge in [0.2, 0.25) is 0 Å². The van der Waals surface area contributed by atoms with Crippen molar-refractivity contribution in [3.63, 3.8) is 0 Å². The molecule has 0 saturated carbocycles. The monoisotopic (exact) mass is 331 g/mol. The van der Waals surface area contributed by atoms with Crippen molar-refractivity contribution in [1.82, 2.24) is 4.90 Å². The van der Waals surface area contributed by atoms with Gasteiger partial charge in [-0.15, -0.1) is 0 Å². The second-order valence-electron chi connectivity index (χ2n) is 6.18. The Morgan fingerprint density at radius 2 is 1.96 bits per heavy atom. The number of carbonyl (C=O) groups is 1. The molecule has 0 aromatic heterocycles. The van der Waals surface area contributed by atoms with Crippen LogP contribution < -0.4 is 4.74 Å². The van der Waals surface area contributed by atoms with E-state index >= 15 is 0 Å². The Balaban J connectivity index is 1.42. The Hall–Kier alpha value is -2.08. The van der Waals surface area contributed by atoms with Gasteiger partial charge >= 0.3 is 0 Å². The van der Waals surface area contributed by atoms with Gasteiger partial charge in [-0.1, -0.05) is 30.3 Å². The van der Waals surface area contributed by atoms with E-state index in [2.05, 4.69) is 0 Å². The summed E-state index contributed by atoms with van der Waals surface area (Å²) < 4.78 is 29.1. The van der Waals surface area contributed by atoms with E-state index in [1.54, 1.807) is 4.90 Å². The molecule has 6 heteroatoms. The van der Waals surface area contributed by atoms with Gasteiger partial charge in [-0.2, -0.15) is 0 Å². The summed E-state index contributed by atoms with van der Waals surface area (Å²) in [7, 11) is -2.98. The Kier molecular flexibility index (Phi) is 3.30. The van der Waals surface area contributed by atoms with Crippen LogP contribution in [-0.2, 0) is 14.6 Å². The van der Waals surface area contributed by atoms with Gasteiger partial charge in [0.1, 0.15) is 5.75 Å².